The van der Waals surface area contributed by atoms with Gasteiger partial charge < -0.3 is 88.7 Å². The molecular formula is C36H63N11O19. The molecule has 15 N–H and O–H groups in total. The molecule has 0 saturated heterocycles. The molecule has 0 heterocycles. The summed E-state index contributed by atoms with van der Waals surface area (Å²) in [6, 6.07) is -11.2. The SMILES string of the molecule is CCCCCCC[C@@H](O)CC(=O)NCC(=O)N[C@H](C(=O)N[C@@H](CO)C(=O)N[C@H](C(=O)N[C@H](CCC[N+]([O-])=NO)C(=O)N[C@H](C)C(=O)N[C@H](CCC[N+]([O-])=NO)C(=O)O)[C@H](C)O)[C@H](O)C(=O)O. The van der Waals surface area contributed by atoms with Crippen molar-refractivity contribution in [3.8, 4) is 0 Å². The molecule has 0 bridgehead atoms. The third-order valence-corrected chi connectivity index (χ3v) is 9.44. The number of carboxylic acid groups (broad SMARTS) is 2. The number of hydroxylamine groups is 2. The fourth-order valence-corrected chi connectivity index (χ4v) is 5.73. The van der Waals surface area contributed by atoms with Crippen LogP contribution in [0.2, 0.25) is 0 Å². The summed E-state index contributed by atoms with van der Waals surface area (Å²) in [6.45, 7) is 1.07. The Morgan fingerprint density at radius 2 is 1.09 bits per heavy atom. The van der Waals surface area contributed by atoms with Crippen molar-refractivity contribution >= 4 is 53.3 Å². The van der Waals surface area contributed by atoms with E-state index in [4.69, 9.17) is 10.4 Å². The van der Waals surface area contributed by atoms with Gasteiger partial charge in [0.05, 0.1) is 31.8 Å². The topological polar surface area (TPSA) is 477 Å². The van der Waals surface area contributed by atoms with Crippen LogP contribution >= 0.6 is 0 Å². The van der Waals surface area contributed by atoms with Gasteiger partial charge in [-0.05, 0) is 33.1 Å². The highest BCUT2D eigenvalue weighted by Crippen LogP contribution is 2.10. The lowest BCUT2D eigenvalue weighted by Gasteiger charge is -2.28. The second-order valence-electron chi connectivity index (χ2n) is 14.9. The predicted octanol–water partition coefficient (Wildman–Crippen LogP) is -4.69. The van der Waals surface area contributed by atoms with Crippen LogP contribution in [-0.4, -0.2) is 185 Å². The van der Waals surface area contributed by atoms with E-state index in [9.17, 15) is 84.2 Å². The number of aliphatic hydroxyl groups excluding tert-OH is 4. The van der Waals surface area contributed by atoms with Crippen molar-refractivity contribution < 1.29 is 93.9 Å². The lowest BCUT2D eigenvalue weighted by atomic mass is 10.1. The van der Waals surface area contributed by atoms with Gasteiger partial charge in [0, 0.05) is 12.8 Å². The molecule has 0 aromatic heterocycles. The lowest BCUT2D eigenvalue weighted by molar-refractivity contribution is -0.556. The van der Waals surface area contributed by atoms with Crippen LogP contribution in [0.5, 0.6) is 0 Å². The Morgan fingerprint density at radius 3 is 1.61 bits per heavy atom. The van der Waals surface area contributed by atoms with E-state index < -0.39 is 141 Å². The number of carbonyl (C=O) groups excluding carboxylic acids is 7. The maximum absolute atomic E-state index is 13.4. The number of carbonyl (C=O) groups is 9. The summed E-state index contributed by atoms with van der Waals surface area (Å²) in [5.74, 6) is -12.0. The van der Waals surface area contributed by atoms with Gasteiger partial charge in [0.1, 0.15) is 36.3 Å². The van der Waals surface area contributed by atoms with Crippen LogP contribution in [0, 0.1) is 10.4 Å². The van der Waals surface area contributed by atoms with Gasteiger partial charge in [-0.2, -0.15) is 0 Å². The third-order valence-electron chi connectivity index (χ3n) is 9.44. The van der Waals surface area contributed by atoms with Crippen LogP contribution in [0.3, 0.4) is 0 Å². The van der Waals surface area contributed by atoms with Crippen molar-refractivity contribution in [3.63, 3.8) is 0 Å². The summed E-state index contributed by atoms with van der Waals surface area (Å²) in [5, 5.41) is 118. The van der Waals surface area contributed by atoms with Crippen molar-refractivity contribution in [1.29, 1.82) is 0 Å². The van der Waals surface area contributed by atoms with Crippen LogP contribution in [0.4, 0.5) is 0 Å². The second kappa shape index (κ2) is 32.2. The monoisotopic (exact) mass is 953 g/mol. The first kappa shape index (κ1) is 59.5. The van der Waals surface area contributed by atoms with Gasteiger partial charge in [-0.25, -0.2) is 9.59 Å². The minimum Gasteiger partial charge on any atom is -0.597 e. The van der Waals surface area contributed by atoms with E-state index in [0.29, 0.717) is 12.8 Å². The summed E-state index contributed by atoms with van der Waals surface area (Å²) in [6.07, 6.45) is -2.18. The molecule has 0 aromatic carbocycles. The fraction of sp³-hybridized carbons (Fsp3) is 0.750. The van der Waals surface area contributed by atoms with Gasteiger partial charge in [-0.3, -0.25) is 33.6 Å². The number of nitrogens with zero attached hydrogens (tertiary/aromatic N) is 4. The van der Waals surface area contributed by atoms with E-state index in [0.717, 1.165) is 39.5 Å². The number of hydrogen-bond acceptors (Lipinski definition) is 17. The van der Waals surface area contributed by atoms with Crippen LogP contribution in [0.25, 0.3) is 0 Å². The molecule has 7 amide bonds. The van der Waals surface area contributed by atoms with Gasteiger partial charge >= 0.3 is 11.9 Å². The molecule has 0 radical (unpaired) electrons. The number of aliphatic carboxylic acids is 2. The lowest BCUT2D eigenvalue weighted by Crippen LogP contribution is -2.63. The first-order valence-electron chi connectivity index (χ1n) is 20.8. The van der Waals surface area contributed by atoms with Crippen molar-refractivity contribution in [3.05, 3.63) is 10.4 Å². The van der Waals surface area contributed by atoms with Crippen LogP contribution in [-0.2, 0) is 43.2 Å². The maximum atomic E-state index is 13.4. The zero-order chi connectivity index (χ0) is 50.5. The van der Waals surface area contributed by atoms with Crippen molar-refractivity contribution in [2.24, 2.45) is 10.6 Å². The molecule has 0 aliphatic rings. The summed E-state index contributed by atoms with van der Waals surface area (Å²) in [5.41, 5.74) is 0. The Bertz CT molecular complexity index is 1690. The highest BCUT2D eigenvalue weighted by atomic mass is 16.6. The van der Waals surface area contributed by atoms with Gasteiger partial charge in [0.2, 0.25) is 41.4 Å². The van der Waals surface area contributed by atoms with E-state index in [1.165, 1.54) is 0 Å². The molecule has 0 fully saturated rings. The third kappa shape index (κ3) is 24.0. The molecule has 9 atom stereocenters. The number of aliphatic hydroxyl groups is 4. The Balaban J connectivity index is 5.92. The molecule has 0 aliphatic carbocycles. The molecule has 30 nitrogen and oxygen atoms in total. The molecule has 0 aromatic rings. The summed E-state index contributed by atoms with van der Waals surface area (Å²) < 4.78 is 0. The first-order valence-corrected chi connectivity index (χ1v) is 20.8. The minimum absolute atomic E-state index is 0.135. The maximum Gasteiger partial charge on any atom is 0.335 e. The normalized spacial score (nSPS) is 15.7. The molecule has 0 spiro atoms. The van der Waals surface area contributed by atoms with Crippen LogP contribution in [0.15, 0.2) is 10.6 Å². The second-order valence-corrected chi connectivity index (χ2v) is 14.9. The van der Waals surface area contributed by atoms with E-state index in [2.05, 4.69) is 31.8 Å². The molecule has 0 unspecified atom stereocenters. The Labute approximate surface area is 377 Å². The standard InChI is InChI=1S/C36H63N11O19/c1-4-5-6-7-8-11-21(50)16-25(51)37-17-26(52)42-28(29(53)36(61)62)34(58)41-24(18-48)32(56)43-27(20(3)49)33(57)39-22(12-9-14-46(65)44-63)31(55)38-19(2)30(54)40-23(35(59)60)13-10-15-47(66)45-64/h19-24,27-29,48-50,53,63-64H,4-18H2,1-3H3,(H,37,51)(H,38,55)(H,39,57)(H,40,54)(H,41,58)(H,42,52)(H,43,56)(H,59,60)(H,61,62)/t19-,20+,21-,22-,23-,24+,27+,28+,29+/m1/s1. The van der Waals surface area contributed by atoms with E-state index in [-0.39, 0.29) is 35.4 Å². The molecule has 376 valence electrons. The van der Waals surface area contributed by atoms with Crippen molar-refractivity contribution in [2.45, 2.75) is 146 Å². The molecule has 0 aliphatic heterocycles. The summed E-state index contributed by atoms with van der Waals surface area (Å²) in [7, 11) is 0. The molecule has 0 rings (SSSR count). The Hall–Kier alpha value is -6.53. The van der Waals surface area contributed by atoms with E-state index in [1.54, 1.807) is 0 Å². The van der Waals surface area contributed by atoms with Gasteiger partial charge in [0.15, 0.2) is 29.7 Å². The summed E-state index contributed by atoms with van der Waals surface area (Å²) in [4.78, 5) is 114. The highest BCUT2D eigenvalue weighted by Gasteiger charge is 2.37. The zero-order valence-corrected chi connectivity index (χ0v) is 36.7. The van der Waals surface area contributed by atoms with E-state index in [1.807, 2.05) is 22.9 Å². The molecule has 30 heteroatoms. The van der Waals surface area contributed by atoms with E-state index >= 15 is 0 Å². The Kier molecular flexibility index (Phi) is 29.0. The number of nitrogens with one attached hydrogen (secondary N) is 7. The van der Waals surface area contributed by atoms with Crippen LogP contribution < -0.4 is 37.2 Å². The number of rotatable bonds is 34. The number of hydrogen-bond donors (Lipinski definition) is 15. The molecular weight excluding hydrogens is 890 g/mol. The zero-order valence-electron chi connectivity index (χ0n) is 36.7. The minimum atomic E-state index is -2.65. The van der Waals surface area contributed by atoms with Crippen molar-refractivity contribution in [1.82, 2.24) is 37.2 Å². The average Bonchev–Trinajstić information content (AvgIpc) is 3.26. The highest BCUT2D eigenvalue weighted by molar-refractivity contribution is 5.98. The van der Waals surface area contributed by atoms with Crippen molar-refractivity contribution in [2.75, 3.05) is 26.2 Å². The largest absolute Gasteiger partial charge is 0.597 e. The number of amides is 7. The molecule has 0 saturated carbocycles. The van der Waals surface area contributed by atoms with Gasteiger partial charge in [0.25, 0.3) is 0 Å². The molecule has 66 heavy (non-hydrogen) atoms. The predicted molar refractivity (Wildman–Crippen MR) is 218 cm³/mol. The van der Waals surface area contributed by atoms with Crippen LogP contribution in [0.1, 0.15) is 91.4 Å². The number of carboxylic acids is 2. The van der Waals surface area contributed by atoms with Gasteiger partial charge in [-0.1, -0.05) is 48.7 Å². The van der Waals surface area contributed by atoms with Gasteiger partial charge in [-0.15, -0.1) is 0 Å². The fourth-order valence-electron chi connectivity index (χ4n) is 5.73. The Morgan fingerprint density at radius 1 is 0.576 bits per heavy atom. The quantitative estimate of drug-likeness (QED) is 0.0125. The first-order chi connectivity index (χ1) is 31.0. The summed E-state index contributed by atoms with van der Waals surface area (Å²) >= 11 is 0. The smallest absolute Gasteiger partial charge is 0.335 e. The number of unbranched alkanes of at least 4 members (excludes halogenated alkanes) is 4. The average molecular weight is 954 g/mol.